The van der Waals surface area contributed by atoms with E-state index in [1.54, 1.807) is 0 Å². The molecule has 5 nitrogen and oxygen atoms in total. The summed E-state index contributed by atoms with van der Waals surface area (Å²) in [5, 5.41) is 0. The zero-order valence-corrected chi connectivity index (χ0v) is 14.3. The van der Waals surface area contributed by atoms with Crippen molar-refractivity contribution in [2.24, 2.45) is 11.7 Å². The fourth-order valence-corrected chi connectivity index (χ4v) is 2.77. The minimum Gasteiger partial charge on any atom is -0.339 e. The van der Waals surface area contributed by atoms with Crippen LogP contribution in [0.5, 0.6) is 0 Å². The third-order valence-corrected chi connectivity index (χ3v) is 4.73. The van der Waals surface area contributed by atoms with Crippen molar-refractivity contribution >= 4 is 11.8 Å². The Kier molecular flexibility index (Phi) is 5.77. The van der Waals surface area contributed by atoms with Gasteiger partial charge in [-0.1, -0.05) is 31.2 Å². The van der Waals surface area contributed by atoms with Crippen LogP contribution in [-0.2, 0) is 16.0 Å². The lowest BCUT2D eigenvalue weighted by molar-refractivity contribution is -0.141. The molecule has 0 radical (unpaired) electrons. The van der Waals surface area contributed by atoms with Crippen LogP contribution in [0.2, 0.25) is 0 Å². The second-order valence-corrected chi connectivity index (χ2v) is 6.46. The molecule has 126 valence electrons. The first-order valence-electron chi connectivity index (χ1n) is 8.26. The first-order chi connectivity index (χ1) is 10.9. The summed E-state index contributed by atoms with van der Waals surface area (Å²) in [4.78, 5) is 28.4. The van der Waals surface area contributed by atoms with Gasteiger partial charge < -0.3 is 15.5 Å². The quantitative estimate of drug-likeness (QED) is 0.907. The molecule has 1 aromatic carbocycles. The summed E-state index contributed by atoms with van der Waals surface area (Å²) in [6.07, 6.45) is 0.427. The predicted octanol–water partition coefficient (Wildman–Crippen LogP) is 1.19. The highest BCUT2D eigenvalue weighted by Gasteiger charge is 2.28. The Hall–Kier alpha value is -1.88. The van der Waals surface area contributed by atoms with Crippen molar-refractivity contribution in [3.63, 3.8) is 0 Å². The number of carbonyl (C=O) groups excluding carboxylic acids is 2. The normalized spacial score (nSPS) is 17.7. The van der Waals surface area contributed by atoms with E-state index in [-0.39, 0.29) is 23.8 Å². The summed E-state index contributed by atoms with van der Waals surface area (Å²) in [7, 11) is 0. The second-order valence-electron chi connectivity index (χ2n) is 6.46. The monoisotopic (exact) mass is 317 g/mol. The molecule has 2 N–H and O–H groups in total. The second kappa shape index (κ2) is 7.59. The maximum Gasteiger partial charge on any atom is 0.227 e. The van der Waals surface area contributed by atoms with Gasteiger partial charge in [-0.3, -0.25) is 9.59 Å². The molecule has 1 aromatic rings. The van der Waals surface area contributed by atoms with E-state index in [0.29, 0.717) is 32.6 Å². The number of aryl methyl sites for hydroxylation is 1. The van der Waals surface area contributed by atoms with E-state index in [1.165, 1.54) is 0 Å². The van der Waals surface area contributed by atoms with E-state index in [2.05, 4.69) is 0 Å². The van der Waals surface area contributed by atoms with Gasteiger partial charge in [0.05, 0.1) is 12.3 Å². The molecule has 1 fully saturated rings. The van der Waals surface area contributed by atoms with Crippen LogP contribution in [-0.4, -0.2) is 53.8 Å². The summed E-state index contributed by atoms with van der Waals surface area (Å²) < 4.78 is 0. The Morgan fingerprint density at radius 1 is 1.09 bits per heavy atom. The average Bonchev–Trinajstić information content (AvgIpc) is 2.55. The third-order valence-electron chi connectivity index (χ3n) is 4.73. The molecule has 23 heavy (non-hydrogen) atoms. The van der Waals surface area contributed by atoms with Crippen molar-refractivity contribution in [3.8, 4) is 0 Å². The highest BCUT2D eigenvalue weighted by Crippen LogP contribution is 2.13. The molecule has 2 atom stereocenters. The number of nitrogens with two attached hydrogens (primary N) is 1. The average molecular weight is 317 g/mol. The fourth-order valence-electron chi connectivity index (χ4n) is 2.77. The van der Waals surface area contributed by atoms with Gasteiger partial charge in [0, 0.05) is 32.2 Å². The maximum atomic E-state index is 12.4. The van der Waals surface area contributed by atoms with E-state index in [4.69, 9.17) is 5.73 Å². The molecule has 2 rings (SSSR count). The minimum atomic E-state index is -0.177. The van der Waals surface area contributed by atoms with Gasteiger partial charge in [0.15, 0.2) is 0 Å². The van der Waals surface area contributed by atoms with Gasteiger partial charge in [-0.2, -0.15) is 0 Å². The van der Waals surface area contributed by atoms with Crippen LogP contribution < -0.4 is 5.73 Å². The van der Waals surface area contributed by atoms with Crippen molar-refractivity contribution in [1.29, 1.82) is 0 Å². The number of amides is 2. The lowest BCUT2D eigenvalue weighted by atomic mass is 10.0. The molecule has 1 aliphatic rings. The number of piperazine rings is 1. The zero-order valence-electron chi connectivity index (χ0n) is 14.3. The van der Waals surface area contributed by atoms with Crippen molar-refractivity contribution in [1.82, 2.24) is 9.80 Å². The van der Waals surface area contributed by atoms with Crippen molar-refractivity contribution < 1.29 is 9.59 Å². The van der Waals surface area contributed by atoms with Gasteiger partial charge in [-0.15, -0.1) is 0 Å². The van der Waals surface area contributed by atoms with Gasteiger partial charge >= 0.3 is 0 Å². The number of nitrogens with zero attached hydrogens (tertiary/aromatic N) is 2. The topological polar surface area (TPSA) is 66.6 Å². The molecule has 2 unspecified atom stereocenters. The molecule has 0 spiro atoms. The lowest BCUT2D eigenvalue weighted by Crippen LogP contribution is -2.53. The molecule has 0 aliphatic carbocycles. The maximum absolute atomic E-state index is 12.4. The standard InChI is InChI=1S/C18H27N3O2/c1-13-6-4-5-7-16(13)12-17(22)20-8-10-21(11-9-20)18(23)14(2)15(3)19/h4-7,14-15H,8-12,19H2,1-3H3. The summed E-state index contributed by atoms with van der Waals surface area (Å²) in [6, 6.07) is 7.81. The molecular weight excluding hydrogens is 290 g/mol. The van der Waals surface area contributed by atoms with Crippen LogP contribution in [0.1, 0.15) is 25.0 Å². The van der Waals surface area contributed by atoms with Crippen LogP contribution in [0.4, 0.5) is 0 Å². The molecule has 0 saturated carbocycles. The van der Waals surface area contributed by atoms with Gasteiger partial charge in [0.2, 0.25) is 11.8 Å². The van der Waals surface area contributed by atoms with Gasteiger partial charge in [-0.05, 0) is 25.0 Å². The fraction of sp³-hybridized carbons (Fsp3) is 0.556. The van der Waals surface area contributed by atoms with Crippen LogP contribution >= 0.6 is 0 Å². The number of benzene rings is 1. The Balaban J connectivity index is 1.88. The highest BCUT2D eigenvalue weighted by molar-refractivity contribution is 5.81. The predicted molar refractivity (Wildman–Crippen MR) is 90.9 cm³/mol. The largest absolute Gasteiger partial charge is 0.339 e. The molecule has 0 aromatic heterocycles. The van der Waals surface area contributed by atoms with Gasteiger partial charge in [-0.25, -0.2) is 0 Å². The molecule has 5 heteroatoms. The van der Waals surface area contributed by atoms with Crippen LogP contribution in [0.25, 0.3) is 0 Å². The third kappa shape index (κ3) is 4.32. The number of rotatable bonds is 4. The smallest absolute Gasteiger partial charge is 0.227 e. The Morgan fingerprint density at radius 2 is 1.65 bits per heavy atom. The molecular formula is C18H27N3O2. The molecule has 1 heterocycles. The Bertz CT molecular complexity index is 563. The molecule has 0 bridgehead atoms. The summed E-state index contributed by atoms with van der Waals surface area (Å²) >= 11 is 0. The van der Waals surface area contributed by atoms with E-state index in [1.807, 2.05) is 54.8 Å². The van der Waals surface area contributed by atoms with E-state index in [9.17, 15) is 9.59 Å². The number of hydrogen-bond donors (Lipinski definition) is 1. The van der Waals surface area contributed by atoms with Crippen LogP contribution in [0, 0.1) is 12.8 Å². The summed E-state index contributed by atoms with van der Waals surface area (Å²) in [5.74, 6) is 0.0434. The molecule has 2 amide bonds. The van der Waals surface area contributed by atoms with Crippen molar-refractivity contribution in [3.05, 3.63) is 35.4 Å². The number of carbonyl (C=O) groups is 2. The van der Waals surface area contributed by atoms with E-state index < -0.39 is 0 Å². The first-order valence-corrected chi connectivity index (χ1v) is 8.26. The SMILES string of the molecule is Cc1ccccc1CC(=O)N1CCN(C(=O)C(C)C(C)N)CC1. The van der Waals surface area contributed by atoms with Crippen LogP contribution in [0.15, 0.2) is 24.3 Å². The zero-order chi connectivity index (χ0) is 17.0. The molecule has 1 aliphatic heterocycles. The van der Waals surface area contributed by atoms with E-state index >= 15 is 0 Å². The minimum absolute atomic E-state index is 0.0889. The first kappa shape index (κ1) is 17.5. The summed E-state index contributed by atoms with van der Waals surface area (Å²) in [6.45, 7) is 8.12. The van der Waals surface area contributed by atoms with Gasteiger partial charge in [0.1, 0.15) is 0 Å². The molecule has 1 saturated heterocycles. The lowest BCUT2D eigenvalue weighted by Gasteiger charge is -2.36. The summed E-state index contributed by atoms with van der Waals surface area (Å²) in [5.41, 5.74) is 8.02. The van der Waals surface area contributed by atoms with Crippen LogP contribution in [0.3, 0.4) is 0 Å². The van der Waals surface area contributed by atoms with Gasteiger partial charge in [0.25, 0.3) is 0 Å². The van der Waals surface area contributed by atoms with E-state index in [0.717, 1.165) is 11.1 Å². The highest BCUT2D eigenvalue weighted by atomic mass is 16.2. The van der Waals surface area contributed by atoms with Crippen molar-refractivity contribution in [2.75, 3.05) is 26.2 Å². The van der Waals surface area contributed by atoms with Crippen molar-refractivity contribution in [2.45, 2.75) is 33.2 Å². The number of hydrogen-bond acceptors (Lipinski definition) is 3. The Morgan fingerprint density at radius 3 is 2.22 bits per heavy atom. The Labute approximate surface area is 138 Å².